The molecular formula is C15H21N3O2. The van der Waals surface area contributed by atoms with Crippen LogP contribution in [0.4, 0.5) is 0 Å². The summed E-state index contributed by atoms with van der Waals surface area (Å²) in [5, 5.41) is 4.13. The van der Waals surface area contributed by atoms with Crippen molar-refractivity contribution in [3.8, 4) is 11.5 Å². The van der Waals surface area contributed by atoms with Gasteiger partial charge in [-0.05, 0) is 30.7 Å². The van der Waals surface area contributed by atoms with Crippen LogP contribution < -0.4 is 15.2 Å². The third-order valence-corrected chi connectivity index (χ3v) is 3.25. The van der Waals surface area contributed by atoms with Gasteiger partial charge in [-0.3, -0.25) is 4.68 Å². The molecule has 5 heteroatoms. The molecular weight excluding hydrogens is 254 g/mol. The molecule has 0 bridgehead atoms. The van der Waals surface area contributed by atoms with Crippen LogP contribution >= 0.6 is 0 Å². The average Bonchev–Trinajstić information content (AvgIpc) is 2.84. The van der Waals surface area contributed by atoms with Crippen LogP contribution in [0.25, 0.3) is 0 Å². The lowest BCUT2D eigenvalue weighted by Crippen LogP contribution is -2.08. The fraction of sp³-hybridized carbons (Fsp3) is 0.400. The molecule has 0 aliphatic heterocycles. The van der Waals surface area contributed by atoms with Crippen LogP contribution in [0.3, 0.4) is 0 Å². The van der Waals surface area contributed by atoms with E-state index < -0.39 is 0 Å². The van der Waals surface area contributed by atoms with Gasteiger partial charge in [0, 0.05) is 31.4 Å². The molecule has 0 amide bonds. The fourth-order valence-corrected chi connectivity index (χ4v) is 2.00. The number of nitrogens with zero attached hydrogens (tertiary/aromatic N) is 2. The van der Waals surface area contributed by atoms with Gasteiger partial charge in [-0.2, -0.15) is 5.10 Å². The number of hydrogen-bond donors (Lipinski definition) is 1. The summed E-state index contributed by atoms with van der Waals surface area (Å²) >= 11 is 0. The predicted molar refractivity (Wildman–Crippen MR) is 78.0 cm³/mol. The first-order chi connectivity index (χ1) is 9.61. The summed E-state index contributed by atoms with van der Waals surface area (Å²) in [5.74, 6) is 1.45. The quantitative estimate of drug-likeness (QED) is 0.876. The van der Waals surface area contributed by atoms with Gasteiger partial charge < -0.3 is 15.2 Å². The molecule has 0 saturated carbocycles. The highest BCUT2D eigenvalue weighted by molar-refractivity contribution is 5.43. The van der Waals surface area contributed by atoms with Gasteiger partial charge in [0.15, 0.2) is 11.5 Å². The predicted octanol–water partition coefficient (Wildman–Crippen LogP) is 2.07. The molecule has 0 spiro atoms. The first-order valence-electron chi connectivity index (χ1n) is 6.65. The van der Waals surface area contributed by atoms with Crippen molar-refractivity contribution in [3.05, 3.63) is 41.7 Å². The molecule has 0 aliphatic carbocycles. The van der Waals surface area contributed by atoms with Crippen molar-refractivity contribution in [2.45, 2.75) is 19.4 Å². The van der Waals surface area contributed by atoms with Crippen LogP contribution in [0, 0.1) is 0 Å². The molecule has 1 atom stereocenters. The van der Waals surface area contributed by atoms with Crippen molar-refractivity contribution < 1.29 is 9.47 Å². The SMILES string of the molecule is COc1cc([C@@H](C)N)ccc1OCCc1ccnn1C. The lowest BCUT2D eigenvalue weighted by atomic mass is 10.1. The third-order valence-electron chi connectivity index (χ3n) is 3.25. The van der Waals surface area contributed by atoms with Gasteiger partial charge in [-0.25, -0.2) is 0 Å². The number of rotatable bonds is 6. The van der Waals surface area contributed by atoms with E-state index in [4.69, 9.17) is 15.2 Å². The Kier molecular flexibility index (Phi) is 4.63. The lowest BCUT2D eigenvalue weighted by molar-refractivity contribution is 0.295. The molecule has 2 aromatic rings. The van der Waals surface area contributed by atoms with E-state index in [1.807, 2.05) is 42.9 Å². The Morgan fingerprint density at radius 1 is 1.30 bits per heavy atom. The minimum atomic E-state index is -0.0209. The zero-order valence-corrected chi connectivity index (χ0v) is 12.2. The number of aryl methyl sites for hydroxylation is 1. The number of benzene rings is 1. The van der Waals surface area contributed by atoms with E-state index >= 15 is 0 Å². The molecule has 1 heterocycles. The lowest BCUT2D eigenvalue weighted by Gasteiger charge is -2.13. The molecule has 0 radical (unpaired) electrons. The number of ether oxygens (including phenoxy) is 2. The maximum absolute atomic E-state index is 5.86. The van der Waals surface area contributed by atoms with Gasteiger partial charge in [-0.1, -0.05) is 6.07 Å². The molecule has 2 rings (SSSR count). The molecule has 108 valence electrons. The molecule has 1 aromatic heterocycles. The summed E-state index contributed by atoms with van der Waals surface area (Å²) < 4.78 is 13.0. The van der Waals surface area contributed by atoms with Crippen LogP contribution in [-0.2, 0) is 13.5 Å². The average molecular weight is 275 g/mol. The summed E-state index contributed by atoms with van der Waals surface area (Å²) in [5.41, 5.74) is 8.03. The summed E-state index contributed by atoms with van der Waals surface area (Å²) in [6.45, 7) is 2.52. The maximum atomic E-state index is 5.86. The topological polar surface area (TPSA) is 62.3 Å². The van der Waals surface area contributed by atoms with E-state index in [0.29, 0.717) is 12.4 Å². The van der Waals surface area contributed by atoms with Crippen molar-refractivity contribution in [1.29, 1.82) is 0 Å². The third kappa shape index (κ3) is 3.30. The van der Waals surface area contributed by atoms with Gasteiger partial charge in [0.2, 0.25) is 0 Å². The summed E-state index contributed by atoms with van der Waals surface area (Å²) in [6, 6.07) is 7.75. The summed E-state index contributed by atoms with van der Waals surface area (Å²) in [4.78, 5) is 0. The Morgan fingerprint density at radius 3 is 2.70 bits per heavy atom. The van der Waals surface area contributed by atoms with Crippen molar-refractivity contribution in [1.82, 2.24) is 9.78 Å². The molecule has 0 aliphatic rings. The summed E-state index contributed by atoms with van der Waals surface area (Å²) in [7, 11) is 3.56. The first kappa shape index (κ1) is 14.4. The highest BCUT2D eigenvalue weighted by atomic mass is 16.5. The van der Waals surface area contributed by atoms with Crippen molar-refractivity contribution in [3.63, 3.8) is 0 Å². The van der Waals surface area contributed by atoms with Gasteiger partial charge in [0.25, 0.3) is 0 Å². The van der Waals surface area contributed by atoms with Crippen LogP contribution in [-0.4, -0.2) is 23.5 Å². The van der Waals surface area contributed by atoms with E-state index in [9.17, 15) is 0 Å². The highest BCUT2D eigenvalue weighted by Crippen LogP contribution is 2.29. The van der Waals surface area contributed by atoms with E-state index in [0.717, 1.165) is 23.4 Å². The van der Waals surface area contributed by atoms with E-state index in [2.05, 4.69) is 5.10 Å². The molecule has 5 nitrogen and oxygen atoms in total. The number of methoxy groups -OCH3 is 1. The van der Waals surface area contributed by atoms with Gasteiger partial charge in [-0.15, -0.1) is 0 Å². The smallest absolute Gasteiger partial charge is 0.161 e. The number of hydrogen-bond acceptors (Lipinski definition) is 4. The molecule has 0 fully saturated rings. The van der Waals surface area contributed by atoms with Gasteiger partial charge in [0.05, 0.1) is 13.7 Å². The Bertz CT molecular complexity index is 564. The van der Waals surface area contributed by atoms with Crippen molar-refractivity contribution in [2.24, 2.45) is 12.8 Å². The Balaban J connectivity index is 2.00. The van der Waals surface area contributed by atoms with Gasteiger partial charge in [0.1, 0.15) is 0 Å². The zero-order chi connectivity index (χ0) is 14.5. The second-order valence-corrected chi connectivity index (χ2v) is 4.74. The Hall–Kier alpha value is -2.01. The van der Waals surface area contributed by atoms with E-state index in [1.165, 1.54) is 0 Å². The molecule has 1 aromatic carbocycles. The molecule has 2 N–H and O–H groups in total. The maximum Gasteiger partial charge on any atom is 0.161 e. The van der Waals surface area contributed by atoms with Crippen LogP contribution in [0.1, 0.15) is 24.2 Å². The van der Waals surface area contributed by atoms with Crippen LogP contribution in [0.15, 0.2) is 30.5 Å². The normalized spacial score (nSPS) is 12.2. The second kappa shape index (κ2) is 6.43. The Morgan fingerprint density at radius 2 is 2.10 bits per heavy atom. The van der Waals surface area contributed by atoms with Crippen LogP contribution in [0.2, 0.25) is 0 Å². The highest BCUT2D eigenvalue weighted by Gasteiger charge is 2.08. The van der Waals surface area contributed by atoms with Gasteiger partial charge >= 0.3 is 0 Å². The molecule has 20 heavy (non-hydrogen) atoms. The second-order valence-electron chi connectivity index (χ2n) is 4.74. The molecule has 0 unspecified atom stereocenters. The monoisotopic (exact) mass is 275 g/mol. The largest absolute Gasteiger partial charge is 0.493 e. The van der Waals surface area contributed by atoms with E-state index in [-0.39, 0.29) is 6.04 Å². The minimum absolute atomic E-state index is 0.0209. The standard InChI is InChI=1S/C15H21N3O2/c1-11(16)12-4-5-14(15(10-12)19-3)20-9-7-13-6-8-17-18(13)2/h4-6,8,10-11H,7,9,16H2,1-3H3/t11-/m1/s1. The number of nitrogens with two attached hydrogens (primary N) is 1. The van der Waals surface area contributed by atoms with Crippen molar-refractivity contribution in [2.75, 3.05) is 13.7 Å². The van der Waals surface area contributed by atoms with Crippen LogP contribution in [0.5, 0.6) is 11.5 Å². The van der Waals surface area contributed by atoms with Crippen molar-refractivity contribution >= 4 is 0 Å². The van der Waals surface area contributed by atoms with E-state index in [1.54, 1.807) is 13.3 Å². The first-order valence-corrected chi connectivity index (χ1v) is 6.65. The minimum Gasteiger partial charge on any atom is -0.493 e. The Labute approximate surface area is 119 Å². The number of aromatic nitrogens is 2. The molecule has 0 saturated heterocycles. The fourth-order valence-electron chi connectivity index (χ4n) is 2.00. The summed E-state index contributed by atoms with van der Waals surface area (Å²) in [6.07, 6.45) is 2.59. The zero-order valence-electron chi connectivity index (χ0n) is 12.2.